The second kappa shape index (κ2) is 7.68. The molecule has 0 unspecified atom stereocenters. The highest BCUT2D eigenvalue weighted by molar-refractivity contribution is 7.88. The van der Waals surface area contributed by atoms with Gasteiger partial charge in [-0.25, -0.2) is 4.79 Å². The molecule has 1 fully saturated rings. The Morgan fingerprint density at radius 3 is 2.58 bits per heavy atom. The van der Waals surface area contributed by atoms with Crippen molar-refractivity contribution in [1.82, 2.24) is 9.88 Å². The monoisotopic (exact) mass is 396 g/mol. The zero-order valence-corrected chi connectivity index (χ0v) is 15.1. The van der Waals surface area contributed by atoms with E-state index in [-0.39, 0.29) is 19.0 Å². The molecule has 146 valence electrons. The third-order valence-corrected chi connectivity index (χ3v) is 4.70. The van der Waals surface area contributed by atoms with Gasteiger partial charge in [0.2, 0.25) is 0 Å². The van der Waals surface area contributed by atoms with Gasteiger partial charge in [0.15, 0.2) is 0 Å². The van der Waals surface area contributed by atoms with Crippen molar-refractivity contribution in [3.05, 3.63) is 23.5 Å². The highest BCUT2D eigenvalue weighted by Crippen LogP contribution is 2.31. The molecule has 1 aromatic heterocycles. The summed E-state index contributed by atoms with van der Waals surface area (Å²) in [5.41, 5.74) is -4.85. The fourth-order valence-corrected chi connectivity index (χ4v) is 2.75. The average Bonchev–Trinajstić information content (AvgIpc) is 2.43. The number of pyridine rings is 1. The number of carbonyl (C=O) groups excluding carboxylic acids is 1. The predicted octanol–water partition coefficient (Wildman–Crippen LogP) is 2.95. The van der Waals surface area contributed by atoms with Crippen molar-refractivity contribution in [3.63, 3.8) is 0 Å². The molecule has 0 N–H and O–H groups in total. The van der Waals surface area contributed by atoms with Crippen molar-refractivity contribution >= 4 is 16.2 Å². The third-order valence-electron chi connectivity index (χ3n) is 3.72. The number of hydrogen-bond donors (Lipinski definition) is 0. The number of rotatable bonds is 6. The van der Waals surface area contributed by atoms with Crippen LogP contribution >= 0.6 is 0 Å². The van der Waals surface area contributed by atoms with Crippen LogP contribution in [0, 0.1) is 6.92 Å². The maximum Gasteiger partial charge on any atom is 0.534 e. The van der Waals surface area contributed by atoms with Gasteiger partial charge in [-0.3, -0.25) is 4.98 Å². The second-order valence-corrected chi connectivity index (χ2v) is 7.46. The van der Waals surface area contributed by atoms with Crippen LogP contribution in [0.3, 0.4) is 0 Å². The minimum atomic E-state index is -5.75. The maximum absolute atomic E-state index is 12.4. The molecule has 0 radical (unpaired) electrons. The third kappa shape index (κ3) is 4.77. The molecule has 0 aliphatic carbocycles. The number of hydrogen-bond acceptors (Lipinski definition) is 6. The number of aromatic nitrogens is 1. The van der Waals surface area contributed by atoms with Crippen LogP contribution in [0.2, 0.25) is 0 Å². The number of aryl methyl sites for hydroxylation is 1. The summed E-state index contributed by atoms with van der Waals surface area (Å²) < 4.78 is 68.8. The molecule has 2 rings (SSSR count). The molecule has 7 nitrogen and oxygen atoms in total. The predicted molar refractivity (Wildman–Crippen MR) is 85.1 cm³/mol. The van der Waals surface area contributed by atoms with E-state index in [0.717, 1.165) is 25.0 Å². The van der Waals surface area contributed by atoms with E-state index in [1.165, 1.54) is 11.8 Å². The molecule has 11 heteroatoms. The minimum absolute atomic E-state index is 0.232. The molecule has 0 aromatic carbocycles. The molecule has 0 saturated carbocycles. The van der Waals surface area contributed by atoms with Crippen molar-refractivity contribution in [2.24, 2.45) is 0 Å². The summed E-state index contributed by atoms with van der Waals surface area (Å²) in [6.45, 7) is 4.37. The first kappa shape index (κ1) is 20.3. The first-order valence-electron chi connectivity index (χ1n) is 7.94. The molecule has 1 amide bonds. The average molecular weight is 396 g/mol. The van der Waals surface area contributed by atoms with Gasteiger partial charge in [-0.1, -0.05) is 13.3 Å². The molecule has 1 aliphatic rings. The van der Waals surface area contributed by atoms with E-state index in [9.17, 15) is 26.4 Å². The van der Waals surface area contributed by atoms with E-state index in [1.54, 1.807) is 0 Å². The lowest BCUT2D eigenvalue weighted by atomic mass is 9.96. The number of unbranched alkanes of at least 4 members (excludes halogenated alkanes) is 1. The number of nitrogens with zero attached hydrogens (tertiary/aromatic N) is 2. The van der Waals surface area contributed by atoms with E-state index in [2.05, 4.69) is 9.17 Å². The van der Waals surface area contributed by atoms with Crippen LogP contribution in [0.5, 0.6) is 5.75 Å². The molecule has 1 aliphatic heterocycles. The summed E-state index contributed by atoms with van der Waals surface area (Å²) in [6, 6.07) is 2.24. The minimum Gasteiger partial charge on any atom is -0.449 e. The number of amides is 1. The zero-order valence-electron chi connectivity index (χ0n) is 14.2. The first-order chi connectivity index (χ1) is 12.0. The largest absolute Gasteiger partial charge is 0.534 e. The number of ether oxygens (including phenoxy) is 1. The highest BCUT2D eigenvalue weighted by Gasteiger charge is 2.48. The van der Waals surface area contributed by atoms with Crippen molar-refractivity contribution < 1.29 is 35.3 Å². The molecular weight excluding hydrogens is 377 g/mol. The molecule has 0 bridgehead atoms. The topological polar surface area (TPSA) is 85.8 Å². The van der Waals surface area contributed by atoms with Crippen LogP contribution in [-0.4, -0.2) is 49.6 Å². The van der Waals surface area contributed by atoms with Crippen LogP contribution in [-0.2, 0) is 14.9 Å². The Balaban J connectivity index is 2.02. The van der Waals surface area contributed by atoms with Gasteiger partial charge in [-0.2, -0.15) is 21.6 Å². The number of halogens is 3. The number of likely N-dealkylation sites (tertiary alicyclic amines) is 1. The Morgan fingerprint density at radius 1 is 1.35 bits per heavy atom. The highest BCUT2D eigenvalue weighted by atomic mass is 32.2. The van der Waals surface area contributed by atoms with Crippen molar-refractivity contribution in [3.8, 4) is 5.75 Å². The molecule has 0 atom stereocenters. The maximum atomic E-state index is 12.4. The van der Waals surface area contributed by atoms with Gasteiger partial charge in [-0.05, 0) is 13.3 Å². The van der Waals surface area contributed by atoms with Crippen molar-refractivity contribution in [1.29, 1.82) is 0 Å². The Hall–Kier alpha value is -2.04. The Labute approximate surface area is 149 Å². The van der Waals surface area contributed by atoms with E-state index in [1.807, 2.05) is 6.92 Å². The molecular formula is C15H19F3N2O5S. The van der Waals surface area contributed by atoms with Gasteiger partial charge >= 0.3 is 21.7 Å². The molecule has 0 spiro atoms. The first-order valence-corrected chi connectivity index (χ1v) is 9.35. The standard InChI is InChI=1S/C15H19F3N2O5S/c1-3-4-5-24-14(21)20-8-11(9-20)13-7-12(6-10(2)19-13)25-26(22,23)15(16,17)18/h6-7,11H,3-5,8-9H2,1-2H3. The summed E-state index contributed by atoms with van der Waals surface area (Å²) in [4.78, 5) is 17.4. The molecule has 1 saturated heterocycles. The lowest BCUT2D eigenvalue weighted by molar-refractivity contribution is -0.0500. The van der Waals surface area contributed by atoms with Gasteiger partial charge in [0, 0.05) is 36.8 Å². The fourth-order valence-electron chi connectivity index (χ4n) is 2.30. The summed E-state index contributed by atoms with van der Waals surface area (Å²) in [5, 5.41) is 0. The Kier molecular flexibility index (Phi) is 5.99. The van der Waals surface area contributed by atoms with E-state index < -0.39 is 27.5 Å². The molecule has 1 aromatic rings. The van der Waals surface area contributed by atoms with Gasteiger partial charge in [0.05, 0.1) is 12.3 Å². The summed E-state index contributed by atoms with van der Waals surface area (Å²) in [6.07, 6.45) is 1.20. The molecule has 2 heterocycles. The normalized spacial score (nSPS) is 15.5. The van der Waals surface area contributed by atoms with E-state index in [0.29, 0.717) is 18.0 Å². The Bertz CT molecular complexity index is 761. The molecule has 26 heavy (non-hydrogen) atoms. The zero-order chi connectivity index (χ0) is 19.5. The van der Waals surface area contributed by atoms with Crippen LogP contribution in [0.4, 0.5) is 18.0 Å². The van der Waals surface area contributed by atoms with Crippen LogP contribution in [0.15, 0.2) is 12.1 Å². The van der Waals surface area contributed by atoms with E-state index >= 15 is 0 Å². The SMILES string of the molecule is CCCCOC(=O)N1CC(c2cc(OS(=O)(=O)C(F)(F)F)cc(C)n2)C1. The lowest BCUT2D eigenvalue weighted by Gasteiger charge is -2.38. The lowest BCUT2D eigenvalue weighted by Crippen LogP contribution is -2.49. The quantitative estimate of drug-likeness (QED) is 0.418. The van der Waals surface area contributed by atoms with Crippen LogP contribution in [0.1, 0.15) is 37.1 Å². The van der Waals surface area contributed by atoms with Crippen LogP contribution in [0.25, 0.3) is 0 Å². The Morgan fingerprint density at radius 2 is 2.00 bits per heavy atom. The van der Waals surface area contributed by atoms with Gasteiger partial charge in [0.25, 0.3) is 0 Å². The van der Waals surface area contributed by atoms with Gasteiger partial charge < -0.3 is 13.8 Å². The van der Waals surface area contributed by atoms with Crippen molar-refractivity contribution in [2.45, 2.75) is 38.1 Å². The summed E-state index contributed by atoms with van der Waals surface area (Å²) in [7, 11) is -5.75. The fraction of sp³-hybridized carbons (Fsp3) is 0.600. The van der Waals surface area contributed by atoms with Crippen molar-refractivity contribution in [2.75, 3.05) is 19.7 Å². The summed E-state index contributed by atoms with van der Waals surface area (Å²) in [5.74, 6) is -0.696. The number of alkyl halides is 3. The second-order valence-electron chi connectivity index (χ2n) is 5.92. The smallest absolute Gasteiger partial charge is 0.449 e. The number of carbonyl (C=O) groups is 1. The van der Waals surface area contributed by atoms with Gasteiger partial charge in [-0.15, -0.1) is 0 Å². The van der Waals surface area contributed by atoms with Gasteiger partial charge in [0.1, 0.15) is 5.75 Å². The van der Waals surface area contributed by atoms with Crippen LogP contribution < -0.4 is 4.18 Å². The summed E-state index contributed by atoms with van der Waals surface area (Å²) >= 11 is 0. The van der Waals surface area contributed by atoms with E-state index in [4.69, 9.17) is 4.74 Å².